The maximum Gasteiger partial charge on any atom is 0.260 e. The molecule has 0 saturated heterocycles. The number of carbonyl (C=O) groups excluding carboxylic acids is 1. The number of hydrogen-bond acceptors (Lipinski definition) is 2. The molecule has 0 radical (unpaired) electrons. The second-order valence-electron chi connectivity index (χ2n) is 5.95. The highest BCUT2D eigenvalue weighted by molar-refractivity contribution is 6.16. The van der Waals surface area contributed by atoms with E-state index >= 15 is 0 Å². The minimum absolute atomic E-state index is 0.0570. The van der Waals surface area contributed by atoms with Crippen molar-refractivity contribution >= 4 is 16.7 Å². The molecule has 0 unspecified atom stereocenters. The zero-order chi connectivity index (χ0) is 18.1. The molecule has 26 heavy (non-hydrogen) atoms. The van der Waals surface area contributed by atoms with Crippen LogP contribution in [0.25, 0.3) is 22.0 Å². The van der Waals surface area contributed by atoms with Gasteiger partial charge >= 0.3 is 0 Å². The van der Waals surface area contributed by atoms with Gasteiger partial charge in [-0.05, 0) is 23.8 Å². The van der Waals surface area contributed by atoms with Crippen LogP contribution in [0.2, 0.25) is 0 Å². The van der Waals surface area contributed by atoms with Crippen LogP contribution in [0, 0.1) is 5.82 Å². The van der Waals surface area contributed by atoms with Gasteiger partial charge in [0, 0.05) is 22.0 Å². The molecule has 0 saturated carbocycles. The van der Waals surface area contributed by atoms with E-state index in [0.717, 1.165) is 5.39 Å². The number of hydrogen-bond donors (Lipinski definition) is 1. The Balaban J connectivity index is 2.08. The zero-order valence-corrected chi connectivity index (χ0v) is 13.7. The molecule has 1 heterocycles. The molecule has 0 atom stereocenters. The Morgan fingerprint density at radius 1 is 0.808 bits per heavy atom. The fraction of sp³-hybridized carbons (Fsp3) is 0. The summed E-state index contributed by atoms with van der Waals surface area (Å²) in [5, 5.41) is 0.734. The number of aromatic nitrogens is 1. The molecule has 1 N–H and O–H groups in total. The number of benzene rings is 3. The van der Waals surface area contributed by atoms with Crippen molar-refractivity contribution in [2.75, 3.05) is 0 Å². The first-order valence-electron chi connectivity index (χ1n) is 8.16. The van der Waals surface area contributed by atoms with Gasteiger partial charge in [0.2, 0.25) is 0 Å². The van der Waals surface area contributed by atoms with E-state index in [-0.39, 0.29) is 17.2 Å². The fourth-order valence-electron chi connectivity index (χ4n) is 3.11. The molecule has 0 amide bonds. The molecule has 1 aromatic heterocycles. The molecule has 0 fully saturated rings. The first-order valence-corrected chi connectivity index (χ1v) is 8.16. The number of H-pyrrole nitrogens is 1. The predicted molar refractivity (Wildman–Crippen MR) is 99.8 cm³/mol. The Labute approximate surface area is 148 Å². The van der Waals surface area contributed by atoms with E-state index in [1.807, 2.05) is 24.3 Å². The van der Waals surface area contributed by atoms with Gasteiger partial charge in [-0.15, -0.1) is 0 Å². The quantitative estimate of drug-likeness (QED) is 0.554. The van der Waals surface area contributed by atoms with Gasteiger partial charge in [0.25, 0.3) is 5.56 Å². The third kappa shape index (κ3) is 2.71. The van der Waals surface area contributed by atoms with E-state index in [0.29, 0.717) is 22.2 Å². The minimum atomic E-state index is -0.461. The van der Waals surface area contributed by atoms with Crippen molar-refractivity contribution in [3.05, 3.63) is 106 Å². The zero-order valence-electron chi connectivity index (χ0n) is 13.7. The van der Waals surface area contributed by atoms with Crippen LogP contribution in [0.15, 0.2) is 83.7 Å². The van der Waals surface area contributed by atoms with Crippen LogP contribution in [-0.2, 0) is 0 Å². The third-order valence-corrected chi connectivity index (χ3v) is 4.32. The highest BCUT2D eigenvalue weighted by atomic mass is 19.1. The lowest BCUT2D eigenvalue weighted by Crippen LogP contribution is -2.20. The second kappa shape index (κ2) is 6.41. The average molecular weight is 343 g/mol. The van der Waals surface area contributed by atoms with E-state index < -0.39 is 5.56 Å². The SMILES string of the molecule is O=C(c1ccccc1)c1c(-c2ccc(F)cc2)c2ccccc2[nH]c1=O. The number of halogens is 1. The molecule has 4 aromatic rings. The summed E-state index contributed by atoms with van der Waals surface area (Å²) in [7, 11) is 0. The summed E-state index contributed by atoms with van der Waals surface area (Å²) in [5.74, 6) is -0.740. The summed E-state index contributed by atoms with van der Waals surface area (Å²) in [6, 6.07) is 21.7. The lowest BCUT2D eigenvalue weighted by molar-refractivity contribution is 0.103. The third-order valence-electron chi connectivity index (χ3n) is 4.32. The summed E-state index contributed by atoms with van der Waals surface area (Å²) < 4.78 is 13.4. The van der Waals surface area contributed by atoms with Crippen LogP contribution in [0.1, 0.15) is 15.9 Å². The number of ketones is 1. The van der Waals surface area contributed by atoms with Crippen LogP contribution in [0.4, 0.5) is 4.39 Å². The van der Waals surface area contributed by atoms with Gasteiger partial charge in [0.05, 0.1) is 5.56 Å². The Kier molecular flexibility index (Phi) is 3.93. The van der Waals surface area contributed by atoms with Crippen molar-refractivity contribution in [1.82, 2.24) is 4.98 Å². The molecule has 3 nitrogen and oxygen atoms in total. The van der Waals surface area contributed by atoms with Crippen molar-refractivity contribution in [2.45, 2.75) is 0 Å². The van der Waals surface area contributed by atoms with Crippen molar-refractivity contribution in [3.8, 4) is 11.1 Å². The number of para-hydroxylation sites is 1. The molecule has 0 aliphatic heterocycles. The standard InChI is InChI=1S/C22H14FNO2/c23-16-12-10-14(11-13-16)19-17-8-4-5-9-18(17)24-22(26)20(19)21(25)15-6-2-1-3-7-15/h1-13H,(H,24,26). The predicted octanol–water partition coefficient (Wildman–Crippen LogP) is 4.57. The molecule has 4 heteroatoms. The van der Waals surface area contributed by atoms with E-state index in [9.17, 15) is 14.0 Å². The van der Waals surface area contributed by atoms with E-state index in [1.165, 1.54) is 12.1 Å². The number of carbonyl (C=O) groups is 1. The number of fused-ring (bicyclic) bond motifs is 1. The summed E-state index contributed by atoms with van der Waals surface area (Å²) in [5.41, 5.74) is 1.78. The van der Waals surface area contributed by atoms with Gasteiger partial charge in [-0.3, -0.25) is 9.59 Å². The van der Waals surface area contributed by atoms with Crippen molar-refractivity contribution < 1.29 is 9.18 Å². The van der Waals surface area contributed by atoms with Gasteiger partial charge in [0.1, 0.15) is 5.82 Å². The van der Waals surface area contributed by atoms with E-state index in [4.69, 9.17) is 0 Å². The van der Waals surface area contributed by atoms with Crippen LogP contribution in [0.5, 0.6) is 0 Å². The molecule has 3 aromatic carbocycles. The van der Waals surface area contributed by atoms with Gasteiger partial charge in [0.15, 0.2) is 5.78 Å². The first-order chi connectivity index (χ1) is 12.6. The molecular weight excluding hydrogens is 329 g/mol. The maximum atomic E-state index is 13.4. The van der Waals surface area contributed by atoms with Crippen LogP contribution in [-0.4, -0.2) is 10.8 Å². The highest BCUT2D eigenvalue weighted by Crippen LogP contribution is 2.30. The summed E-state index contributed by atoms with van der Waals surface area (Å²) in [4.78, 5) is 28.6. The lowest BCUT2D eigenvalue weighted by atomic mass is 9.92. The Bertz CT molecular complexity index is 1160. The van der Waals surface area contributed by atoms with Gasteiger partial charge < -0.3 is 4.98 Å². The molecule has 4 rings (SSSR count). The molecule has 0 bridgehead atoms. The number of nitrogens with one attached hydrogen (secondary N) is 1. The normalized spacial score (nSPS) is 10.8. The van der Waals surface area contributed by atoms with Gasteiger partial charge in [-0.1, -0.05) is 60.7 Å². The number of pyridine rings is 1. The monoisotopic (exact) mass is 343 g/mol. The fourth-order valence-corrected chi connectivity index (χ4v) is 3.11. The number of rotatable bonds is 3. The van der Waals surface area contributed by atoms with Crippen LogP contribution >= 0.6 is 0 Å². The smallest absolute Gasteiger partial charge is 0.260 e. The van der Waals surface area contributed by atoms with Gasteiger partial charge in [-0.2, -0.15) is 0 Å². The Morgan fingerprint density at radius 3 is 2.19 bits per heavy atom. The van der Waals surface area contributed by atoms with Crippen molar-refractivity contribution in [2.24, 2.45) is 0 Å². The summed E-state index contributed by atoms with van der Waals surface area (Å²) >= 11 is 0. The topological polar surface area (TPSA) is 49.9 Å². The van der Waals surface area contributed by atoms with Crippen LogP contribution in [0.3, 0.4) is 0 Å². The van der Waals surface area contributed by atoms with Gasteiger partial charge in [-0.25, -0.2) is 4.39 Å². The van der Waals surface area contributed by atoms with Crippen molar-refractivity contribution in [1.29, 1.82) is 0 Å². The van der Waals surface area contributed by atoms with E-state index in [1.54, 1.807) is 42.5 Å². The molecular formula is C22H14FNO2. The average Bonchev–Trinajstić information content (AvgIpc) is 2.68. The number of aromatic amines is 1. The second-order valence-corrected chi connectivity index (χ2v) is 5.95. The largest absolute Gasteiger partial charge is 0.321 e. The highest BCUT2D eigenvalue weighted by Gasteiger charge is 2.21. The Morgan fingerprint density at radius 2 is 1.46 bits per heavy atom. The molecule has 0 aliphatic rings. The lowest BCUT2D eigenvalue weighted by Gasteiger charge is -2.12. The minimum Gasteiger partial charge on any atom is -0.321 e. The summed E-state index contributed by atoms with van der Waals surface area (Å²) in [6.07, 6.45) is 0. The first kappa shape index (κ1) is 16.0. The van der Waals surface area contributed by atoms with Crippen LogP contribution < -0.4 is 5.56 Å². The Hall–Kier alpha value is -3.53. The molecule has 0 spiro atoms. The maximum absolute atomic E-state index is 13.4. The molecule has 0 aliphatic carbocycles. The molecule has 126 valence electrons. The van der Waals surface area contributed by atoms with E-state index in [2.05, 4.69) is 4.98 Å². The van der Waals surface area contributed by atoms with Crippen molar-refractivity contribution in [3.63, 3.8) is 0 Å². The summed E-state index contributed by atoms with van der Waals surface area (Å²) in [6.45, 7) is 0.